The van der Waals surface area contributed by atoms with E-state index in [4.69, 9.17) is 0 Å². The van der Waals surface area contributed by atoms with Gasteiger partial charge in [-0.25, -0.2) is 0 Å². The van der Waals surface area contributed by atoms with Crippen LogP contribution in [0.25, 0.3) is 0 Å². The molecule has 0 bridgehead atoms. The molecule has 1 heterocycles. The summed E-state index contributed by atoms with van der Waals surface area (Å²) < 4.78 is 0. The lowest BCUT2D eigenvalue weighted by Crippen LogP contribution is -2.45. The van der Waals surface area contributed by atoms with Crippen molar-refractivity contribution in [2.45, 2.75) is 37.1 Å². The first kappa shape index (κ1) is 16.6. The summed E-state index contributed by atoms with van der Waals surface area (Å²) in [5.74, 6) is 0.892. The number of benzene rings is 1. The van der Waals surface area contributed by atoms with E-state index in [2.05, 4.69) is 54.3 Å². The zero-order valence-electron chi connectivity index (χ0n) is 15.4. The molecule has 1 aromatic carbocycles. The zero-order valence-corrected chi connectivity index (χ0v) is 15.4. The van der Waals surface area contributed by atoms with E-state index in [-0.39, 0.29) is 0 Å². The van der Waals surface area contributed by atoms with E-state index in [0.717, 1.165) is 12.0 Å². The summed E-state index contributed by atoms with van der Waals surface area (Å²) in [5.41, 5.74) is 3.55. The van der Waals surface area contributed by atoms with Gasteiger partial charge < -0.3 is 15.1 Å². The van der Waals surface area contributed by atoms with Gasteiger partial charge in [0.2, 0.25) is 0 Å². The Hall–Kier alpha value is -0.835. The van der Waals surface area contributed by atoms with Crippen molar-refractivity contribution >= 4 is 13.3 Å². The molecule has 130 valence electrons. The molecule has 24 heavy (non-hydrogen) atoms. The first-order chi connectivity index (χ1) is 11.7. The van der Waals surface area contributed by atoms with Gasteiger partial charge in [0.15, 0.2) is 0 Å². The van der Waals surface area contributed by atoms with Crippen molar-refractivity contribution in [1.29, 1.82) is 0 Å². The van der Waals surface area contributed by atoms with Crippen LogP contribution in [0.1, 0.15) is 31.2 Å². The fraction of sp³-hybridized carbons (Fsp3) is 0.700. The van der Waals surface area contributed by atoms with Gasteiger partial charge in [0.25, 0.3) is 0 Å². The van der Waals surface area contributed by atoms with Gasteiger partial charge in [-0.05, 0) is 57.3 Å². The maximum Gasteiger partial charge on any atom is 0.139 e. The molecule has 3 atom stereocenters. The van der Waals surface area contributed by atoms with Crippen LogP contribution in [0.5, 0.6) is 0 Å². The average Bonchev–Trinajstić information content (AvgIpc) is 3.22. The molecule has 2 unspecified atom stereocenters. The minimum Gasteiger partial charge on any atom is -0.314 e. The Morgan fingerprint density at radius 3 is 2.83 bits per heavy atom. The van der Waals surface area contributed by atoms with Gasteiger partial charge in [-0.1, -0.05) is 29.7 Å². The Labute approximate surface area is 148 Å². The van der Waals surface area contributed by atoms with Crippen molar-refractivity contribution in [3.8, 4) is 0 Å². The Morgan fingerprint density at radius 2 is 2.08 bits per heavy atom. The first-order valence-corrected chi connectivity index (χ1v) is 9.89. The van der Waals surface area contributed by atoms with Crippen molar-refractivity contribution in [3.05, 3.63) is 29.8 Å². The highest BCUT2D eigenvalue weighted by Gasteiger charge is 2.61. The van der Waals surface area contributed by atoms with Gasteiger partial charge in [-0.3, -0.25) is 0 Å². The predicted octanol–water partition coefficient (Wildman–Crippen LogP) is 0.592. The largest absolute Gasteiger partial charge is 0.314 e. The van der Waals surface area contributed by atoms with Crippen LogP contribution >= 0.6 is 0 Å². The van der Waals surface area contributed by atoms with Gasteiger partial charge in [0.1, 0.15) is 7.85 Å². The molecule has 0 spiro atoms. The molecule has 1 aliphatic heterocycles. The number of nitrogens with one attached hydrogen (secondary N) is 1. The van der Waals surface area contributed by atoms with Crippen LogP contribution in [-0.4, -0.2) is 70.0 Å². The van der Waals surface area contributed by atoms with E-state index in [0.29, 0.717) is 5.41 Å². The number of hydrogen-bond acceptors (Lipinski definition) is 3. The molecule has 0 radical (unpaired) electrons. The minimum absolute atomic E-state index is 0.529. The van der Waals surface area contributed by atoms with Gasteiger partial charge in [-0.2, -0.15) is 0 Å². The van der Waals surface area contributed by atoms with Crippen LogP contribution < -0.4 is 10.8 Å². The molecule has 0 aromatic heterocycles. The fourth-order valence-corrected chi connectivity index (χ4v) is 5.10. The molecule has 4 heteroatoms. The SMILES string of the molecule is Bc1cccc([C@]23CCC(NCCCN4CCN(C)CC4)C2C3)c1. The maximum atomic E-state index is 3.89. The maximum absolute atomic E-state index is 3.89. The molecule has 1 N–H and O–H groups in total. The van der Waals surface area contributed by atoms with Crippen LogP contribution in [0.3, 0.4) is 0 Å². The number of rotatable bonds is 6. The van der Waals surface area contributed by atoms with E-state index in [9.17, 15) is 0 Å². The summed E-state index contributed by atoms with van der Waals surface area (Å²) in [6.07, 6.45) is 5.46. The summed E-state index contributed by atoms with van der Waals surface area (Å²) in [6, 6.07) is 10.0. The van der Waals surface area contributed by atoms with Gasteiger partial charge >= 0.3 is 0 Å². The van der Waals surface area contributed by atoms with E-state index in [1.54, 1.807) is 5.56 Å². The van der Waals surface area contributed by atoms with Crippen LogP contribution in [0, 0.1) is 5.92 Å². The number of nitrogens with zero attached hydrogens (tertiary/aromatic N) is 2. The Balaban J connectivity index is 1.21. The second kappa shape index (κ2) is 6.82. The highest BCUT2D eigenvalue weighted by Crippen LogP contribution is 2.64. The quantitative estimate of drug-likeness (QED) is 0.610. The topological polar surface area (TPSA) is 18.5 Å². The number of likely N-dealkylation sites (N-methyl/N-ethyl adjacent to an activating group) is 1. The summed E-state index contributed by atoms with van der Waals surface area (Å²) >= 11 is 0. The molecule has 3 nitrogen and oxygen atoms in total. The van der Waals surface area contributed by atoms with Gasteiger partial charge in [0, 0.05) is 37.6 Å². The third kappa shape index (κ3) is 3.29. The third-order valence-electron chi connectivity index (χ3n) is 6.77. The molecule has 3 fully saturated rings. The molecule has 1 saturated heterocycles. The number of fused-ring (bicyclic) bond motifs is 1. The summed E-state index contributed by atoms with van der Waals surface area (Å²) in [6.45, 7) is 7.42. The van der Waals surface area contributed by atoms with E-state index in [1.807, 2.05) is 0 Å². The Bertz CT molecular complexity index is 570. The van der Waals surface area contributed by atoms with Crippen LogP contribution in [-0.2, 0) is 5.41 Å². The van der Waals surface area contributed by atoms with Gasteiger partial charge in [-0.15, -0.1) is 0 Å². The molecule has 2 saturated carbocycles. The second-order valence-electron chi connectivity index (χ2n) is 8.43. The zero-order chi connectivity index (χ0) is 16.6. The van der Waals surface area contributed by atoms with Crippen molar-refractivity contribution in [2.24, 2.45) is 5.92 Å². The normalized spacial score (nSPS) is 33.5. The minimum atomic E-state index is 0.529. The van der Waals surface area contributed by atoms with Crippen molar-refractivity contribution < 1.29 is 0 Å². The summed E-state index contributed by atoms with van der Waals surface area (Å²) in [5, 5.41) is 3.89. The lowest BCUT2D eigenvalue weighted by molar-refractivity contribution is 0.152. The Kier molecular flexibility index (Phi) is 4.72. The van der Waals surface area contributed by atoms with Crippen LogP contribution in [0.4, 0.5) is 0 Å². The molecule has 4 rings (SSSR count). The van der Waals surface area contributed by atoms with Crippen molar-refractivity contribution in [3.63, 3.8) is 0 Å². The summed E-state index contributed by atoms with van der Waals surface area (Å²) in [4.78, 5) is 5.07. The molecule has 1 aromatic rings. The van der Waals surface area contributed by atoms with E-state index >= 15 is 0 Å². The van der Waals surface area contributed by atoms with E-state index < -0.39 is 0 Å². The standard InChI is InChI=1S/C20H32BN3/c1-23-10-12-24(13-11-23)9-3-8-22-19-6-7-20(15-18(19)20)16-4-2-5-17(21)14-16/h2,4-5,14,18-19,22H,3,6-13,15,21H2,1H3/t18?,19?,20-/m1/s1. The lowest BCUT2D eigenvalue weighted by atomic mass is 9.87. The smallest absolute Gasteiger partial charge is 0.139 e. The molecule has 0 amide bonds. The number of hydrogen-bond donors (Lipinski definition) is 1. The molecular formula is C20H32BN3. The van der Waals surface area contributed by atoms with Crippen molar-refractivity contribution in [2.75, 3.05) is 46.3 Å². The molecular weight excluding hydrogens is 293 g/mol. The monoisotopic (exact) mass is 325 g/mol. The van der Waals surface area contributed by atoms with Crippen LogP contribution in [0.15, 0.2) is 24.3 Å². The van der Waals surface area contributed by atoms with E-state index in [1.165, 1.54) is 70.4 Å². The highest BCUT2D eigenvalue weighted by atomic mass is 15.2. The fourth-order valence-electron chi connectivity index (χ4n) is 5.10. The average molecular weight is 325 g/mol. The lowest BCUT2D eigenvalue weighted by Gasteiger charge is -2.32. The molecule has 2 aliphatic carbocycles. The summed E-state index contributed by atoms with van der Waals surface area (Å²) in [7, 11) is 4.45. The third-order valence-corrected chi connectivity index (χ3v) is 6.77. The molecule has 3 aliphatic rings. The Morgan fingerprint density at radius 1 is 1.25 bits per heavy atom. The second-order valence-corrected chi connectivity index (χ2v) is 8.43. The highest BCUT2D eigenvalue weighted by molar-refractivity contribution is 6.32. The van der Waals surface area contributed by atoms with Gasteiger partial charge in [0.05, 0.1) is 0 Å². The predicted molar refractivity (Wildman–Crippen MR) is 104 cm³/mol. The van der Waals surface area contributed by atoms with Crippen molar-refractivity contribution in [1.82, 2.24) is 15.1 Å². The number of piperazine rings is 1. The van der Waals surface area contributed by atoms with Crippen LogP contribution in [0.2, 0.25) is 0 Å². The first-order valence-electron chi connectivity index (χ1n) is 9.89.